The lowest BCUT2D eigenvalue weighted by Crippen LogP contribution is -2.37. The van der Waals surface area contributed by atoms with Gasteiger partial charge in [-0.05, 0) is 37.6 Å². The van der Waals surface area contributed by atoms with Crippen LogP contribution < -0.4 is 10.6 Å². The minimum Gasteiger partial charge on any atom is -0.326 e. The van der Waals surface area contributed by atoms with Crippen LogP contribution in [0.4, 0.5) is 5.69 Å². The summed E-state index contributed by atoms with van der Waals surface area (Å²) in [5.41, 5.74) is 1.72. The Hall–Kier alpha value is -2.21. The van der Waals surface area contributed by atoms with Gasteiger partial charge in [-0.3, -0.25) is 9.36 Å². The number of hydrogen-bond donors (Lipinski definition) is 2. The second-order valence-corrected chi connectivity index (χ2v) is 4.95. The first-order valence-electron chi connectivity index (χ1n) is 6.79. The molecule has 1 aromatic heterocycles. The number of carbonyl (C=O) groups is 1. The maximum Gasteiger partial charge on any atom is 0.228 e. The molecule has 6 nitrogen and oxygen atoms in total. The smallest absolute Gasteiger partial charge is 0.228 e. The number of aromatic nitrogens is 3. The lowest BCUT2D eigenvalue weighted by atomic mass is 9.99. The highest BCUT2D eigenvalue weighted by molar-refractivity contribution is 5.93. The first kappa shape index (κ1) is 12.8. The van der Waals surface area contributed by atoms with E-state index in [1.807, 2.05) is 24.3 Å². The summed E-state index contributed by atoms with van der Waals surface area (Å²) < 4.78 is 1.80. The quantitative estimate of drug-likeness (QED) is 0.880. The topological polar surface area (TPSA) is 71.8 Å². The van der Waals surface area contributed by atoms with Crippen molar-refractivity contribution in [2.75, 3.05) is 18.4 Å². The molecule has 0 bridgehead atoms. The Kier molecular flexibility index (Phi) is 3.73. The molecule has 2 N–H and O–H groups in total. The van der Waals surface area contributed by atoms with Gasteiger partial charge in [0.2, 0.25) is 5.91 Å². The molecular formula is C14H17N5O. The van der Waals surface area contributed by atoms with E-state index in [-0.39, 0.29) is 11.8 Å². The van der Waals surface area contributed by atoms with Gasteiger partial charge in [0.25, 0.3) is 0 Å². The predicted molar refractivity (Wildman–Crippen MR) is 75.6 cm³/mol. The summed E-state index contributed by atoms with van der Waals surface area (Å²) in [4.78, 5) is 12.2. The van der Waals surface area contributed by atoms with Crippen LogP contribution in [0, 0.1) is 5.92 Å². The molecule has 0 saturated carbocycles. The molecule has 0 unspecified atom stereocenters. The third-order valence-electron chi connectivity index (χ3n) is 3.50. The maximum absolute atomic E-state index is 12.2. The third-order valence-corrected chi connectivity index (χ3v) is 3.50. The van der Waals surface area contributed by atoms with Gasteiger partial charge >= 0.3 is 0 Å². The molecule has 3 rings (SSSR count). The SMILES string of the molecule is O=C(Nc1cccc(-n2cnnc2)c1)[C@H]1CCCNC1. The van der Waals surface area contributed by atoms with Crippen molar-refractivity contribution in [1.82, 2.24) is 20.1 Å². The minimum atomic E-state index is 0.0577. The van der Waals surface area contributed by atoms with Gasteiger partial charge in [-0.15, -0.1) is 10.2 Å². The van der Waals surface area contributed by atoms with E-state index in [4.69, 9.17) is 0 Å². The van der Waals surface area contributed by atoms with E-state index in [0.29, 0.717) is 0 Å². The highest BCUT2D eigenvalue weighted by atomic mass is 16.1. The number of rotatable bonds is 3. The van der Waals surface area contributed by atoms with E-state index in [1.54, 1.807) is 17.2 Å². The van der Waals surface area contributed by atoms with Crippen LogP contribution in [0.2, 0.25) is 0 Å². The summed E-state index contributed by atoms with van der Waals surface area (Å²) in [6.45, 7) is 1.77. The van der Waals surface area contributed by atoms with E-state index in [0.717, 1.165) is 37.3 Å². The molecule has 0 radical (unpaired) electrons. The number of piperidine rings is 1. The summed E-state index contributed by atoms with van der Waals surface area (Å²) >= 11 is 0. The summed E-state index contributed by atoms with van der Waals surface area (Å²) in [6, 6.07) is 7.66. The normalized spacial score (nSPS) is 18.7. The Morgan fingerprint density at radius 1 is 1.35 bits per heavy atom. The van der Waals surface area contributed by atoms with Crippen molar-refractivity contribution >= 4 is 11.6 Å². The van der Waals surface area contributed by atoms with Crippen LogP contribution in [0.1, 0.15) is 12.8 Å². The van der Waals surface area contributed by atoms with Gasteiger partial charge in [0.05, 0.1) is 11.6 Å². The largest absolute Gasteiger partial charge is 0.326 e. The molecule has 2 heterocycles. The summed E-state index contributed by atoms with van der Waals surface area (Å²) in [5.74, 6) is 0.139. The molecule has 104 valence electrons. The molecule has 1 aliphatic rings. The highest BCUT2D eigenvalue weighted by Crippen LogP contribution is 2.17. The molecule has 1 atom stereocenters. The molecule has 0 spiro atoms. The second kappa shape index (κ2) is 5.83. The molecule has 2 aromatic rings. The molecule has 6 heteroatoms. The molecule has 1 aromatic carbocycles. The monoisotopic (exact) mass is 271 g/mol. The fourth-order valence-electron chi connectivity index (χ4n) is 2.40. The van der Waals surface area contributed by atoms with Crippen molar-refractivity contribution in [2.45, 2.75) is 12.8 Å². The van der Waals surface area contributed by atoms with Crippen LogP contribution in [0.5, 0.6) is 0 Å². The van der Waals surface area contributed by atoms with E-state index < -0.39 is 0 Å². The molecule has 1 aliphatic heterocycles. The minimum absolute atomic E-state index is 0.0577. The number of anilines is 1. The average molecular weight is 271 g/mol. The van der Waals surface area contributed by atoms with Gasteiger partial charge in [-0.2, -0.15) is 0 Å². The average Bonchev–Trinajstić information content (AvgIpc) is 3.03. The first-order valence-corrected chi connectivity index (χ1v) is 6.79. The van der Waals surface area contributed by atoms with Crippen molar-refractivity contribution < 1.29 is 4.79 Å². The Labute approximate surface area is 117 Å². The fourth-order valence-corrected chi connectivity index (χ4v) is 2.40. The van der Waals surface area contributed by atoms with Crippen LogP contribution in [0.3, 0.4) is 0 Å². The van der Waals surface area contributed by atoms with Crippen molar-refractivity contribution in [3.63, 3.8) is 0 Å². The van der Waals surface area contributed by atoms with E-state index >= 15 is 0 Å². The summed E-state index contributed by atoms with van der Waals surface area (Å²) in [6.07, 6.45) is 5.26. The lowest BCUT2D eigenvalue weighted by molar-refractivity contribution is -0.120. The maximum atomic E-state index is 12.2. The summed E-state index contributed by atoms with van der Waals surface area (Å²) in [7, 11) is 0. The van der Waals surface area contributed by atoms with Gasteiger partial charge in [0.1, 0.15) is 12.7 Å². The summed E-state index contributed by atoms with van der Waals surface area (Å²) in [5, 5.41) is 13.8. The van der Waals surface area contributed by atoms with Crippen LogP contribution in [0.15, 0.2) is 36.9 Å². The third kappa shape index (κ3) is 2.85. The molecule has 20 heavy (non-hydrogen) atoms. The lowest BCUT2D eigenvalue weighted by Gasteiger charge is -2.22. The zero-order chi connectivity index (χ0) is 13.8. The van der Waals surface area contributed by atoms with Crippen LogP contribution in [0.25, 0.3) is 5.69 Å². The van der Waals surface area contributed by atoms with Crippen LogP contribution in [-0.4, -0.2) is 33.8 Å². The van der Waals surface area contributed by atoms with Crippen molar-refractivity contribution in [3.8, 4) is 5.69 Å². The second-order valence-electron chi connectivity index (χ2n) is 4.95. The Morgan fingerprint density at radius 3 is 2.95 bits per heavy atom. The Bertz CT molecular complexity index is 575. The zero-order valence-electron chi connectivity index (χ0n) is 11.1. The molecular weight excluding hydrogens is 254 g/mol. The predicted octanol–water partition coefficient (Wildman–Crippen LogP) is 1.21. The Balaban J connectivity index is 1.71. The Morgan fingerprint density at radius 2 is 2.20 bits per heavy atom. The number of nitrogens with zero attached hydrogens (tertiary/aromatic N) is 3. The van der Waals surface area contributed by atoms with Gasteiger partial charge in [0.15, 0.2) is 0 Å². The highest BCUT2D eigenvalue weighted by Gasteiger charge is 2.20. The number of hydrogen-bond acceptors (Lipinski definition) is 4. The van der Waals surface area contributed by atoms with E-state index in [1.165, 1.54) is 0 Å². The van der Waals surface area contributed by atoms with Crippen molar-refractivity contribution in [1.29, 1.82) is 0 Å². The van der Waals surface area contributed by atoms with Crippen LogP contribution >= 0.6 is 0 Å². The number of nitrogens with one attached hydrogen (secondary N) is 2. The zero-order valence-corrected chi connectivity index (χ0v) is 11.1. The van der Waals surface area contributed by atoms with Gasteiger partial charge in [-0.1, -0.05) is 6.07 Å². The van der Waals surface area contributed by atoms with Crippen molar-refractivity contribution in [2.24, 2.45) is 5.92 Å². The number of carbonyl (C=O) groups excluding carboxylic acids is 1. The van der Waals surface area contributed by atoms with Crippen LogP contribution in [-0.2, 0) is 4.79 Å². The number of benzene rings is 1. The molecule has 1 amide bonds. The molecule has 1 saturated heterocycles. The van der Waals surface area contributed by atoms with Gasteiger partial charge in [-0.25, -0.2) is 0 Å². The fraction of sp³-hybridized carbons (Fsp3) is 0.357. The molecule has 1 fully saturated rings. The van der Waals surface area contributed by atoms with Gasteiger partial charge < -0.3 is 10.6 Å². The van der Waals surface area contributed by atoms with E-state index in [9.17, 15) is 4.79 Å². The van der Waals surface area contributed by atoms with E-state index in [2.05, 4.69) is 20.8 Å². The molecule has 0 aliphatic carbocycles. The number of amides is 1. The van der Waals surface area contributed by atoms with Crippen molar-refractivity contribution in [3.05, 3.63) is 36.9 Å². The first-order chi connectivity index (χ1) is 9.83. The van der Waals surface area contributed by atoms with Gasteiger partial charge in [0, 0.05) is 12.2 Å². The standard InChI is InChI=1S/C14H17N5O/c20-14(11-3-2-6-15-8-11)18-12-4-1-5-13(7-12)19-9-16-17-10-19/h1,4-5,7,9-11,15H,2-3,6,8H2,(H,18,20)/t11-/m0/s1.